The SMILES string of the molecule is COc1cccc([C@H]2CC(c3ccc(Br)cc3)=NN2C(C)=O)c1OC. The molecule has 0 N–H and O–H groups in total. The predicted molar refractivity (Wildman–Crippen MR) is 100 cm³/mol. The van der Waals surface area contributed by atoms with Gasteiger partial charge >= 0.3 is 0 Å². The molecule has 2 aromatic carbocycles. The van der Waals surface area contributed by atoms with Crippen LogP contribution in [0.15, 0.2) is 52.0 Å². The Morgan fingerprint density at radius 1 is 1.16 bits per heavy atom. The number of methoxy groups -OCH3 is 2. The smallest absolute Gasteiger partial charge is 0.240 e. The fourth-order valence-electron chi connectivity index (χ4n) is 3.03. The molecule has 0 fully saturated rings. The van der Waals surface area contributed by atoms with E-state index in [4.69, 9.17) is 9.47 Å². The van der Waals surface area contributed by atoms with E-state index >= 15 is 0 Å². The van der Waals surface area contributed by atoms with E-state index in [0.29, 0.717) is 17.9 Å². The van der Waals surface area contributed by atoms with Crippen molar-refractivity contribution in [1.29, 1.82) is 0 Å². The highest BCUT2D eigenvalue weighted by Crippen LogP contribution is 2.41. The lowest BCUT2D eigenvalue weighted by molar-refractivity contribution is -0.130. The van der Waals surface area contributed by atoms with Gasteiger partial charge in [-0.1, -0.05) is 40.2 Å². The van der Waals surface area contributed by atoms with Crippen LogP contribution >= 0.6 is 15.9 Å². The number of ether oxygens (including phenoxy) is 2. The van der Waals surface area contributed by atoms with Crippen LogP contribution < -0.4 is 9.47 Å². The molecule has 0 bridgehead atoms. The van der Waals surface area contributed by atoms with Gasteiger partial charge in [0, 0.05) is 23.4 Å². The van der Waals surface area contributed by atoms with Gasteiger partial charge < -0.3 is 9.47 Å². The van der Waals surface area contributed by atoms with Gasteiger partial charge in [-0.3, -0.25) is 4.79 Å². The van der Waals surface area contributed by atoms with E-state index in [-0.39, 0.29) is 11.9 Å². The molecule has 2 aromatic rings. The lowest BCUT2D eigenvalue weighted by atomic mass is 9.97. The van der Waals surface area contributed by atoms with E-state index in [0.717, 1.165) is 21.3 Å². The monoisotopic (exact) mass is 402 g/mol. The number of halogens is 1. The Labute approximate surface area is 155 Å². The highest BCUT2D eigenvalue weighted by molar-refractivity contribution is 9.10. The lowest BCUT2D eigenvalue weighted by Crippen LogP contribution is -2.24. The van der Waals surface area contributed by atoms with Crippen molar-refractivity contribution in [2.75, 3.05) is 14.2 Å². The third-order valence-electron chi connectivity index (χ3n) is 4.20. The fourth-order valence-corrected chi connectivity index (χ4v) is 3.30. The van der Waals surface area contributed by atoms with Gasteiger partial charge in [0.25, 0.3) is 0 Å². The van der Waals surface area contributed by atoms with E-state index in [9.17, 15) is 4.79 Å². The number of nitrogens with zero attached hydrogens (tertiary/aromatic N) is 2. The molecular weight excluding hydrogens is 384 g/mol. The Morgan fingerprint density at radius 2 is 1.88 bits per heavy atom. The highest BCUT2D eigenvalue weighted by Gasteiger charge is 2.34. The maximum atomic E-state index is 12.2. The summed E-state index contributed by atoms with van der Waals surface area (Å²) in [4.78, 5) is 12.2. The summed E-state index contributed by atoms with van der Waals surface area (Å²) in [5.41, 5.74) is 2.75. The molecule has 0 aliphatic carbocycles. The van der Waals surface area contributed by atoms with Gasteiger partial charge in [0.1, 0.15) is 0 Å². The van der Waals surface area contributed by atoms with Gasteiger partial charge in [0.2, 0.25) is 5.91 Å². The summed E-state index contributed by atoms with van der Waals surface area (Å²) in [6.45, 7) is 1.52. The summed E-state index contributed by atoms with van der Waals surface area (Å²) in [7, 11) is 3.20. The van der Waals surface area contributed by atoms with Crippen LogP contribution in [-0.2, 0) is 4.79 Å². The Kier molecular flexibility index (Phi) is 5.08. The van der Waals surface area contributed by atoms with Crippen LogP contribution in [0, 0.1) is 0 Å². The minimum absolute atomic E-state index is 0.109. The van der Waals surface area contributed by atoms with Gasteiger partial charge in [-0.25, -0.2) is 5.01 Å². The first-order valence-electron chi connectivity index (χ1n) is 7.89. The number of carbonyl (C=O) groups is 1. The fraction of sp³-hybridized carbons (Fsp3) is 0.263. The van der Waals surface area contributed by atoms with Crippen LogP contribution in [0.4, 0.5) is 0 Å². The van der Waals surface area contributed by atoms with Crippen molar-refractivity contribution in [3.8, 4) is 11.5 Å². The number of para-hydroxylation sites is 1. The topological polar surface area (TPSA) is 51.1 Å². The maximum absolute atomic E-state index is 12.2. The minimum atomic E-state index is -0.221. The Balaban J connectivity index is 2.01. The molecule has 5 nitrogen and oxygen atoms in total. The van der Waals surface area contributed by atoms with E-state index in [1.807, 2.05) is 42.5 Å². The van der Waals surface area contributed by atoms with Crippen LogP contribution in [-0.4, -0.2) is 30.8 Å². The second-order valence-electron chi connectivity index (χ2n) is 5.72. The number of carbonyl (C=O) groups excluding carboxylic acids is 1. The molecule has 1 aliphatic rings. The number of amides is 1. The van der Waals surface area contributed by atoms with Crippen molar-refractivity contribution in [3.63, 3.8) is 0 Å². The third kappa shape index (κ3) is 3.39. The van der Waals surface area contributed by atoms with E-state index in [2.05, 4.69) is 21.0 Å². The Morgan fingerprint density at radius 3 is 2.48 bits per heavy atom. The summed E-state index contributed by atoms with van der Waals surface area (Å²) >= 11 is 3.44. The standard InChI is InChI=1S/C19H19BrN2O3/c1-12(23)22-17(15-5-4-6-18(24-2)19(15)25-3)11-16(21-22)13-7-9-14(20)10-8-13/h4-10,17H,11H2,1-3H3/t17-/m1/s1. The molecule has 130 valence electrons. The molecule has 3 rings (SSSR count). The van der Waals surface area contributed by atoms with Crippen molar-refractivity contribution in [2.24, 2.45) is 5.10 Å². The van der Waals surface area contributed by atoms with Crippen molar-refractivity contribution in [2.45, 2.75) is 19.4 Å². The quantitative estimate of drug-likeness (QED) is 0.770. The average molecular weight is 403 g/mol. The van der Waals surface area contributed by atoms with E-state index < -0.39 is 0 Å². The molecule has 0 radical (unpaired) electrons. The van der Waals surface area contributed by atoms with Crippen LogP contribution in [0.2, 0.25) is 0 Å². The van der Waals surface area contributed by atoms with Crippen LogP contribution in [0.5, 0.6) is 11.5 Å². The van der Waals surface area contributed by atoms with Gasteiger partial charge in [0.15, 0.2) is 11.5 Å². The Bertz CT molecular complexity index is 818. The molecule has 0 saturated heterocycles. The number of rotatable bonds is 4. The largest absolute Gasteiger partial charge is 0.493 e. The molecule has 1 atom stereocenters. The molecule has 0 saturated carbocycles. The molecule has 1 amide bonds. The van der Waals surface area contributed by atoms with Gasteiger partial charge in [-0.2, -0.15) is 5.10 Å². The number of hydrogen-bond donors (Lipinski definition) is 0. The van der Waals surface area contributed by atoms with Crippen LogP contribution in [0.3, 0.4) is 0 Å². The molecular formula is C19H19BrN2O3. The van der Waals surface area contributed by atoms with Crippen molar-refractivity contribution in [1.82, 2.24) is 5.01 Å². The van der Waals surface area contributed by atoms with Crippen molar-refractivity contribution in [3.05, 3.63) is 58.1 Å². The van der Waals surface area contributed by atoms with Gasteiger partial charge in [0.05, 0.1) is 26.0 Å². The third-order valence-corrected chi connectivity index (χ3v) is 4.73. The maximum Gasteiger partial charge on any atom is 0.240 e. The van der Waals surface area contributed by atoms with Crippen LogP contribution in [0.25, 0.3) is 0 Å². The first-order valence-corrected chi connectivity index (χ1v) is 8.68. The Hall–Kier alpha value is -2.34. The summed E-state index contributed by atoms with van der Waals surface area (Å²) in [5, 5.41) is 6.09. The normalized spacial score (nSPS) is 16.6. The molecule has 6 heteroatoms. The second kappa shape index (κ2) is 7.27. The first-order chi connectivity index (χ1) is 12.0. The lowest BCUT2D eigenvalue weighted by Gasteiger charge is -2.23. The van der Waals surface area contributed by atoms with Crippen molar-refractivity contribution < 1.29 is 14.3 Å². The predicted octanol–water partition coefficient (Wildman–Crippen LogP) is 4.16. The molecule has 0 spiro atoms. The average Bonchev–Trinajstić information content (AvgIpc) is 3.07. The summed E-state index contributed by atoms with van der Waals surface area (Å²) in [6.07, 6.45) is 0.616. The number of hydrogen-bond acceptors (Lipinski definition) is 4. The molecule has 0 aromatic heterocycles. The molecule has 0 unspecified atom stereocenters. The first kappa shape index (κ1) is 17.5. The number of benzene rings is 2. The minimum Gasteiger partial charge on any atom is -0.493 e. The van der Waals surface area contributed by atoms with Crippen molar-refractivity contribution >= 4 is 27.5 Å². The number of hydrazone groups is 1. The highest BCUT2D eigenvalue weighted by atomic mass is 79.9. The van der Waals surface area contributed by atoms with Gasteiger partial charge in [-0.05, 0) is 23.8 Å². The van der Waals surface area contributed by atoms with Gasteiger partial charge in [-0.15, -0.1) is 0 Å². The molecule has 25 heavy (non-hydrogen) atoms. The van der Waals surface area contributed by atoms with E-state index in [1.165, 1.54) is 11.9 Å². The summed E-state index contributed by atoms with van der Waals surface area (Å²) in [5.74, 6) is 1.16. The second-order valence-corrected chi connectivity index (χ2v) is 6.64. The summed E-state index contributed by atoms with van der Waals surface area (Å²) in [6, 6.07) is 13.4. The molecule has 1 aliphatic heterocycles. The zero-order valence-electron chi connectivity index (χ0n) is 14.3. The zero-order chi connectivity index (χ0) is 18.0. The summed E-state index contributed by atoms with van der Waals surface area (Å²) < 4.78 is 11.9. The van der Waals surface area contributed by atoms with Crippen LogP contribution in [0.1, 0.15) is 30.5 Å². The van der Waals surface area contributed by atoms with E-state index in [1.54, 1.807) is 14.2 Å². The zero-order valence-corrected chi connectivity index (χ0v) is 15.9. The molecule has 1 heterocycles.